The third-order valence-electron chi connectivity index (χ3n) is 4.57. The fourth-order valence-corrected chi connectivity index (χ4v) is 3.01. The van der Waals surface area contributed by atoms with Crippen molar-refractivity contribution in [2.24, 2.45) is 0 Å². The third kappa shape index (κ3) is 4.55. The molecule has 0 spiro atoms. The predicted molar refractivity (Wildman–Crippen MR) is 105 cm³/mol. The van der Waals surface area contributed by atoms with Crippen LogP contribution in [0.1, 0.15) is 0 Å². The number of halogens is 1. The van der Waals surface area contributed by atoms with Crippen LogP contribution in [0.2, 0.25) is 0 Å². The third-order valence-corrected chi connectivity index (χ3v) is 4.57. The number of amides is 2. The van der Waals surface area contributed by atoms with E-state index in [0.29, 0.717) is 31.9 Å². The quantitative estimate of drug-likeness (QED) is 0.842. The summed E-state index contributed by atoms with van der Waals surface area (Å²) in [5.74, 6) is -1.45. The smallest absolute Gasteiger partial charge is 0.313 e. The molecule has 2 aromatic carbocycles. The lowest BCUT2D eigenvalue weighted by molar-refractivity contribution is -0.143. The second kappa shape index (κ2) is 8.07. The molecule has 0 atom stereocenters. The molecule has 6 nitrogen and oxygen atoms in total. The molecule has 0 bridgehead atoms. The first-order valence-corrected chi connectivity index (χ1v) is 8.82. The van der Waals surface area contributed by atoms with Crippen molar-refractivity contribution in [1.82, 2.24) is 4.90 Å². The number of hydrogen-bond donors (Lipinski definition) is 1. The number of hydrogen-bond acceptors (Lipinski definition) is 4. The summed E-state index contributed by atoms with van der Waals surface area (Å²) in [7, 11) is 3.82. The van der Waals surface area contributed by atoms with E-state index >= 15 is 0 Å². The maximum absolute atomic E-state index is 13.0. The van der Waals surface area contributed by atoms with E-state index in [0.717, 1.165) is 11.4 Å². The summed E-state index contributed by atoms with van der Waals surface area (Å²) in [5, 5.41) is 2.67. The average Bonchev–Trinajstić information content (AvgIpc) is 2.68. The molecule has 2 amide bonds. The lowest BCUT2D eigenvalue weighted by Crippen LogP contribution is -2.51. The highest BCUT2D eigenvalue weighted by atomic mass is 19.1. The van der Waals surface area contributed by atoms with Crippen LogP contribution in [-0.4, -0.2) is 57.0 Å². The first kappa shape index (κ1) is 18.7. The summed E-state index contributed by atoms with van der Waals surface area (Å²) in [4.78, 5) is 30.3. The van der Waals surface area contributed by atoms with Gasteiger partial charge in [-0.25, -0.2) is 4.39 Å². The monoisotopic (exact) mass is 370 g/mol. The van der Waals surface area contributed by atoms with Gasteiger partial charge in [-0.1, -0.05) is 6.07 Å². The van der Waals surface area contributed by atoms with Gasteiger partial charge < -0.3 is 20.0 Å². The van der Waals surface area contributed by atoms with Crippen molar-refractivity contribution < 1.29 is 14.0 Å². The molecule has 1 aliphatic heterocycles. The van der Waals surface area contributed by atoms with Gasteiger partial charge >= 0.3 is 11.8 Å². The van der Waals surface area contributed by atoms with E-state index in [1.807, 2.05) is 37.2 Å². The van der Waals surface area contributed by atoms with Crippen LogP contribution in [0.25, 0.3) is 0 Å². The molecule has 7 heteroatoms. The predicted octanol–water partition coefficient (Wildman–Crippen LogP) is 2.18. The van der Waals surface area contributed by atoms with Gasteiger partial charge in [0, 0.05) is 57.3 Å². The molecule has 1 aliphatic rings. The Morgan fingerprint density at radius 2 is 1.67 bits per heavy atom. The first-order chi connectivity index (χ1) is 12.9. The lowest BCUT2D eigenvalue weighted by atomic mass is 10.2. The molecule has 1 saturated heterocycles. The molecule has 0 saturated carbocycles. The maximum atomic E-state index is 13.0. The van der Waals surface area contributed by atoms with Crippen molar-refractivity contribution in [3.05, 3.63) is 54.3 Å². The second-order valence-electron chi connectivity index (χ2n) is 6.65. The van der Waals surface area contributed by atoms with Gasteiger partial charge in [0.15, 0.2) is 0 Å². The average molecular weight is 370 g/mol. The molecule has 0 radical (unpaired) electrons. The molecule has 3 rings (SSSR count). The molecule has 142 valence electrons. The van der Waals surface area contributed by atoms with Crippen LogP contribution >= 0.6 is 0 Å². The van der Waals surface area contributed by atoms with Gasteiger partial charge in [-0.3, -0.25) is 9.59 Å². The van der Waals surface area contributed by atoms with Crippen molar-refractivity contribution in [1.29, 1.82) is 0 Å². The number of rotatable bonds is 3. The second-order valence-corrected chi connectivity index (χ2v) is 6.65. The van der Waals surface area contributed by atoms with Crippen LogP contribution in [0.15, 0.2) is 48.5 Å². The molecule has 1 N–H and O–H groups in total. The number of carbonyl (C=O) groups excluding carboxylic acids is 2. The summed E-state index contributed by atoms with van der Waals surface area (Å²) >= 11 is 0. The maximum Gasteiger partial charge on any atom is 0.313 e. The molecule has 2 aromatic rings. The zero-order chi connectivity index (χ0) is 19.4. The Kier molecular flexibility index (Phi) is 5.59. The Balaban J connectivity index is 1.56. The zero-order valence-corrected chi connectivity index (χ0v) is 15.5. The van der Waals surface area contributed by atoms with E-state index in [1.54, 1.807) is 23.1 Å². The molecule has 0 aromatic heterocycles. The van der Waals surface area contributed by atoms with E-state index in [9.17, 15) is 14.0 Å². The minimum atomic E-state index is -0.638. The highest BCUT2D eigenvalue weighted by Gasteiger charge is 2.26. The largest absolute Gasteiger partial charge is 0.378 e. The summed E-state index contributed by atoms with van der Waals surface area (Å²) in [6.45, 7) is 2.09. The van der Waals surface area contributed by atoms with Crippen LogP contribution in [0, 0.1) is 5.82 Å². The van der Waals surface area contributed by atoms with Crippen LogP contribution in [0.4, 0.5) is 21.5 Å². The Labute approximate surface area is 158 Å². The molecule has 27 heavy (non-hydrogen) atoms. The molecule has 0 unspecified atom stereocenters. The summed E-state index contributed by atoms with van der Waals surface area (Å²) < 4.78 is 13.0. The zero-order valence-electron chi connectivity index (χ0n) is 15.5. The Morgan fingerprint density at radius 1 is 1.00 bits per heavy atom. The molecular weight excluding hydrogens is 347 g/mol. The standard InChI is InChI=1S/C20H23FN4O2/c1-23(2)18-5-3-4-16(14-18)22-19(26)20(27)25-12-10-24(11-13-25)17-8-6-15(21)7-9-17/h3-9,14H,10-13H2,1-2H3,(H,22,26). The van der Waals surface area contributed by atoms with E-state index in [2.05, 4.69) is 10.2 Å². The number of carbonyl (C=O) groups is 2. The van der Waals surface area contributed by atoms with Gasteiger partial charge in [0.25, 0.3) is 0 Å². The van der Waals surface area contributed by atoms with Crippen LogP contribution in [0.5, 0.6) is 0 Å². The van der Waals surface area contributed by atoms with Crippen molar-refractivity contribution in [3.8, 4) is 0 Å². The van der Waals surface area contributed by atoms with Gasteiger partial charge in [0.05, 0.1) is 0 Å². The summed E-state index contributed by atoms with van der Waals surface area (Å²) in [5.41, 5.74) is 2.44. The minimum absolute atomic E-state index is 0.275. The van der Waals surface area contributed by atoms with Crippen molar-refractivity contribution in [2.75, 3.05) is 55.4 Å². The number of benzene rings is 2. The summed E-state index contributed by atoms with van der Waals surface area (Å²) in [6, 6.07) is 13.6. The van der Waals surface area contributed by atoms with Crippen LogP contribution < -0.4 is 15.1 Å². The van der Waals surface area contributed by atoms with E-state index in [4.69, 9.17) is 0 Å². The number of nitrogens with zero attached hydrogens (tertiary/aromatic N) is 3. The minimum Gasteiger partial charge on any atom is -0.378 e. The SMILES string of the molecule is CN(C)c1cccc(NC(=O)C(=O)N2CCN(c3ccc(F)cc3)CC2)c1. The van der Waals surface area contributed by atoms with E-state index in [-0.39, 0.29) is 5.82 Å². The number of nitrogens with one attached hydrogen (secondary N) is 1. The normalized spacial score (nSPS) is 14.0. The van der Waals surface area contributed by atoms with Crippen molar-refractivity contribution >= 4 is 28.9 Å². The highest BCUT2D eigenvalue weighted by Crippen LogP contribution is 2.19. The van der Waals surface area contributed by atoms with Crippen LogP contribution in [0.3, 0.4) is 0 Å². The van der Waals surface area contributed by atoms with Gasteiger partial charge in [0.2, 0.25) is 0 Å². The Morgan fingerprint density at radius 3 is 2.30 bits per heavy atom. The van der Waals surface area contributed by atoms with Gasteiger partial charge in [0.1, 0.15) is 5.82 Å². The van der Waals surface area contributed by atoms with Crippen molar-refractivity contribution in [3.63, 3.8) is 0 Å². The Bertz CT molecular complexity index is 815. The molecular formula is C20H23FN4O2. The van der Waals surface area contributed by atoms with E-state index in [1.165, 1.54) is 12.1 Å². The first-order valence-electron chi connectivity index (χ1n) is 8.82. The van der Waals surface area contributed by atoms with Gasteiger partial charge in [-0.05, 0) is 42.5 Å². The topological polar surface area (TPSA) is 55.9 Å². The Hall–Kier alpha value is -3.09. The summed E-state index contributed by atoms with van der Waals surface area (Å²) in [6.07, 6.45) is 0. The van der Waals surface area contributed by atoms with Gasteiger partial charge in [-0.15, -0.1) is 0 Å². The highest BCUT2D eigenvalue weighted by molar-refractivity contribution is 6.39. The van der Waals surface area contributed by atoms with Gasteiger partial charge in [-0.2, -0.15) is 0 Å². The van der Waals surface area contributed by atoms with Crippen LogP contribution in [-0.2, 0) is 9.59 Å². The number of anilines is 3. The molecule has 1 heterocycles. The number of piperazine rings is 1. The molecule has 1 fully saturated rings. The van der Waals surface area contributed by atoms with Crippen molar-refractivity contribution in [2.45, 2.75) is 0 Å². The lowest BCUT2D eigenvalue weighted by Gasteiger charge is -2.35. The van der Waals surface area contributed by atoms with E-state index < -0.39 is 11.8 Å². The fourth-order valence-electron chi connectivity index (χ4n) is 3.01. The fraction of sp³-hybridized carbons (Fsp3) is 0.300. The molecule has 0 aliphatic carbocycles.